The summed E-state index contributed by atoms with van der Waals surface area (Å²) in [4.78, 5) is 0. The second-order valence-electron chi connectivity index (χ2n) is 2.44. The number of nitrogens with two attached hydrogens (primary N) is 1. The summed E-state index contributed by atoms with van der Waals surface area (Å²) >= 11 is 0. The van der Waals surface area contributed by atoms with E-state index in [1.807, 2.05) is 24.3 Å². The maximum absolute atomic E-state index is 8.74. The third-order valence-corrected chi connectivity index (χ3v) is 1.49. The lowest BCUT2D eigenvalue weighted by Crippen LogP contribution is -2.10. The smallest absolute Gasteiger partial charge is 0.119 e. The number of hydrogen-bond acceptors (Lipinski definition) is 3. The Morgan fingerprint density at radius 2 is 1.92 bits per heavy atom. The predicted molar refractivity (Wildman–Crippen MR) is 46.9 cm³/mol. The van der Waals surface area contributed by atoms with Gasteiger partial charge in [-0.25, -0.2) is 0 Å². The standard InChI is InChI=1S/C9H13NO2/c10-5-6-12-9-3-1-8(7-11)2-4-9/h1-4,11H,5-7,10H2. The quantitative estimate of drug-likeness (QED) is 0.687. The van der Waals surface area contributed by atoms with Gasteiger partial charge in [0.15, 0.2) is 0 Å². The van der Waals surface area contributed by atoms with Crippen molar-refractivity contribution in [3.05, 3.63) is 29.8 Å². The molecule has 0 unspecified atom stereocenters. The molecular weight excluding hydrogens is 154 g/mol. The zero-order valence-corrected chi connectivity index (χ0v) is 6.86. The fourth-order valence-corrected chi connectivity index (χ4v) is 0.868. The Morgan fingerprint density at radius 3 is 2.42 bits per heavy atom. The first-order valence-corrected chi connectivity index (χ1v) is 3.89. The molecule has 0 aliphatic carbocycles. The summed E-state index contributed by atoms with van der Waals surface area (Å²) in [6, 6.07) is 7.29. The molecule has 3 nitrogen and oxygen atoms in total. The molecule has 3 heteroatoms. The lowest BCUT2D eigenvalue weighted by molar-refractivity contribution is 0.281. The van der Waals surface area contributed by atoms with E-state index in [-0.39, 0.29) is 6.61 Å². The zero-order valence-electron chi connectivity index (χ0n) is 6.86. The largest absolute Gasteiger partial charge is 0.492 e. The fourth-order valence-electron chi connectivity index (χ4n) is 0.868. The van der Waals surface area contributed by atoms with Gasteiger partial charge in [-0.05, 0) is 17.7 Å². The van der Waals surface area contributed by atoms with Crippen LogP contribution in [0.4, 0.5) is 0 Å². The molecule has 1 aromatic carbocycles. The summed E-state index contributed by atoms with van der Waals surface area (Å²) in [7, 11) is 0. The zero-order chi connectivity index (χ0) is 8.81. The summed E-state index contributed by atoms with van der Waals surface area (Å²) in [5, 5.41) is 8.74. The average Bonchev–Trinajstić information content (AvgIpc) is 2.15. The van der Waals surface area contributed by atoms with Crippen molar-refractivity contribution in [1.29, 1.82) is 0 Å². The van der Waals surface area contributed by atoms with E-state index in [0.717, 1.165) is 11.3 Å². The Bertz CT molecular complexity index is 220. The molecule has 0 amide bonds. The predicted octanol–water partition coefficient (Wildman–Crippen LogP) is 0.516. The summed E-state index contributed by atoms with van der Waals surface area (Å²) in [5.74, 6) is 0.789. The van der Waals surface area contributed by atoms with Crippen molar-refractivity contribution in [3.8, 4) is 5.75 Å². The van der Waals surface area contributed by atoms with E-state index in [4.69, 9.17) is 15.6 Å². The molecule has 0 aliphatic rings. The summed E-state index contributed by atoms with van der Waals surface area (Å²) < 4.78 is 5.25. The van der Waals surface area contributed by atoms with Gasteiger partial charge < -0.3 is 15.6 Å². The first-order valence-electron chi connectivity index (χ1n) is 3.89. The Morgan fingerprint density at radius 1 is 1.25 bits per heavy atom. The minimum Gasteiger partial charge on any atom is -0.492 e. The van der Waals surface area contributed by atoms with Gasteiger partial charge in [-0.3, -0.25) is 0 Å². The van der Waals surface area contributed by atoms with E-state index in [0.29, 0.717) is 13.2 Å². The van der Waals surface area contributed by atoms with Crippen molar-refractivity contribution in [2.75, 3.05) is 13.2 Å². The second kappa shape index (κ2) is 4.74. The second-order valence-corrected chi connectivity index (χ2v) is 2.44. The first kappa shape index (κ1) is 9.03. The van der Waals surface area contributed by atoms with E-state index >= 15 is 0 Å². The molecule has 0 saturated heterocycles. The molecule has 0 aromatic heterocycles. The number of rotatable bonds is 4. The Kier molecular flexibility index (Phi) is 3.57. The van der Waals surface area contributed by atoms with E-state index < -0.39 is 0 Å². The number of aliphatic hydroxyl groups is 1. The molecule has 12 heavy (non-hydrogen) atoms. The van der Waals surface area contributed by atoms with Crippen LogP contribution >= 0.6 is 0 Å². The van der Waals surface area contributed by atoms with Crippen LogP contribution in [0.1, 0.15) is 5.56 Å². The van der Waals surface area contributed by atoms with Crippen molar-refractivity contribution in [3.63, 3.8) is 0 Å². The summed E-state index contributed by atoms with van der Waals surface area (Å²) in [6.07, 6.45) is 0. The maximum Gasteiger partial charge on any atom is 0.119 e. The highest BCUT2D eigenvalue weighted by atomic mass is 16.5. The van der Waals surface area contributed by atoms with Crippen LogP contribution < -0.4 is 10.5 Å². The van der Waals surface area contributed by atoms with Gasteiger partial charge in [-0.2, -0.15) is 0 Å². The molecule has 0 atom stereocenters. The van der Waals surface area contributed by atoms with Crippen molar-refractivity contribution in [1.82, 2.24) is 0 Å². The molecule has 0 bridgehead atoms. The molecule has 0 spiro atoms. The van der Waals surface area contributed by atoms with Gasteiger partial charge in [-0.15, -0.1) is 0 Å². The third kappa shape index (κ3) is 2.53. The Hall–Kier alpha value is -1.06. The Labute approximate surface area is 71.8 Å². The van der Waals surface area contributed by atoms with Crippen LogP contribution in [0.2, 0.25) is 0 Å². The Balaban J connectivity index is 2.53. The average molecular weight is 167 g/mol. The van der Waals surface area contributed by atoms with E-state index in [1.54, 1.807) is 0 Å². The van der Waals surface area contributed by atoms with Gasteiger partial charge in [0, 0.05) is 6.54 Å². The molecule has 0 radical (unpaired) electrons. The van der Waals surface area contributed by atoms with Crippen LogP contribution in [0.25, 0.3) is 0 Å². The van der Waals surface area contributed by atoms with Crippen molar-refractivity contribution < 1.29 is 9.84 Å². The molecule has 0 aliphatic heterocycles. The van der Waals surface area contributed by atoms with Crippen LogP contribution in [-0.2, 0) is 6.61 Å². The van der Waals surface area contributed by atoms with Crippen LogP contribution in [0.15, 0.2) is 24.3 Å². The van der Waals surface area contributed by atoms with Crippen LogP contribution in [0.5, 0.6) is 5.75 Å². The minimum atomic E-state index is 0.0666. The number of hydrogen-bond donors (Lipinski definition) is 2. The summed E-state index contributed by atoms with van der Waals surface area (Å²) in [6.45, 7) is 1.11. The van der Waals surface area contributed by atoms with Crippen LogP contribution in [-0.4, -0.2) is 18.3 Å². The number of benzene rings is 1. The molecule has 66 valence electrons. The van der Waals surface area contributed by atoms with Gasteiger partial charge >= 0.3 is 0 Å². The molecular formula is C9H13NO2. The van der Waals surface area contributed by atoms with Gasteiger partial charge in [0.2, 0.25) is 0 Å². The topological polar surface area (TPSA) is 55.5 Å². The summed E-state index contributed by atoms with van der Waals surface area (Å²) in [5.41, 5.74) is 6.15. The molecule has 0 saturated carbocycles. The third-order valence-electron chi connectivity index (χ3n) is 1.49. The monoisotopic (exact) mass is 167 g/mol. The molecule has 1 aromatic rings. The van der Waals surface area contributed by atoms with Crippen molar-refractivity contribution in [2.45, 2.75) is 6.61 Å². The fraction of sp³-hybridized carbons (Fsp3) is 0.333. The maximum atomic E-state index is 8.74. The minimum absolute atomic E-state index is 0.0666. The highest BCUT2D eigenvalue weighted by molar-refractivity contribution is 5.26. The van der Waals surface area contributed by atoms with Crippen molar-refractivity contribution in [2.24, 2.45) is 5.73 Å². The molecule has 1 rings (SSSR count). The SMILES string of the molecule is NCCOc1ccc(CO)cc1. The molecule has 3 N–H and O–H groups in total. The molecule has 0 heterocycles. The number of aliphatic hydroxyl groups excluding tert-OH is 1. The van der Waals surface area contributed by atoms with E-state index in [1.165, 1.54) is 0 Å². The highest BCUT2D eigenvalue weighted by Crippen LogP contribution is 2.11. The van der Waals surface area contributed by atoms with E-state index in [9.17, 15) is 0 Å². The van der Waals surface area contributed by atoms with Gasteiger partial charge in [0.05, 0.1) is 6.61 Å². The number of ether oxygens (including phenoxy) is 1. The first-order chi connectivity index (χ1) is 5.86. The normalized spacial score (nSPS) is 9.83. The van der Waals surface area contributed by atoms with E-state index in [2.05, 4.69) is 0 Å². The highest BCUT2D eigenvalue weighted by Gasteiger charge is 1.92. The lowest BCUT2D eigenvalue weighted by Gasteiger charge is -2.04. The lowest BCUT2D eigenvalue weighted by atomic mass is 10.2. The van der Waals surface area contributed by atoms with Gasteiger partial charge in [0.25, 0.3) is 0 Å². The van der Waals surface area contributed by atoms with Gasteiger partial charge in [0.1, 0.15) is 12.4 Å². The van der Waals surface area contributed by atoms with Crippen LogP contribution in [0.3, 0.4) is 0 Å². The molecule has 0 fully saturated rings. The van der Waals surface area contributed by atoms with Crippen LogP contribution in [0, 0.1) is 0 Å². The van der Waals surface area contributed by atoms with Gasteiger partial charge in [-0.1, -0.05) is 12.1 Å². The van der Waals surface area contributed by atoms with Crippen molar-refractivity contribution >= 4 is 0 Å².